The standard InChI is InChI=1S/C13H25N5/c1-16(2)12-4-9-17(10-5-12)7-3-8-18-11-6-13(14)15-18/h6,11-12H,3-5,7-10H2,1-2H3,(H2,14,15). The minimum Gasteiger partial charge on any atom is -0.382 e. The van der Waals surface area contributed by atoms with Gasteiger partial charge in [-0.1, -0.05) is 0 Å². The quantitative estimate of drug-likeness (QED) is 0.844. The lowest BCUT2D eigenvalue weighted by Gasteiger charge is -2.35. The highest BCUT2D eigenvalue weighted by molar-refractivity contribution is 5.23. The molecule has 0 radical (unpaired) electrons. The van der Waals surface area contributed by atoms with E-state index in [9.17, 15) is 0 Å². The smallest absolute Gasteiger partial charge is 0.145 e. The van der Waals surface area contributed by atoms with Crippen LogP contribution in [0.4, 0.5) is 5.82 Å². The van der Waals surface area contributed by atoms with Crippen LogP contribution in [0.15, 0.2) is 12.3 Å². The van der Waals surface area contributed by atoms with Crippen LogP contribution < -0.4 is 5.73 Å². The molecule has 1 saturated heterocycles. The van der Waals surface area contributed by atoms with Gasteiger partial charge in [-0.05, 0) is 59.1 Å². The van der Waals surface area contributed by atoms with E-state index >= 15 is 0 Å². The molecule has 1 aromatic rings. The Morgan fingerprint density at radius 3 is 2.61 bits per heavy atom. The third-order valence-corrected chi connectivity index (χ3v) is 3.81. The maximum absolute atomic E-state index is 5.59. The van der Waals surface area contributed by atoms with Gasteiger partial charge in [0.2, 0.25) is 0 Å². The molecule has 0 unspecified atom stereocenters. The summed E-state index contributed by atoms with van der Waals surface area (Å²) in [6.45, 7) is 4.58. The number of nitrogen functional groups attached to an aromatic ring is 1. The number of aryl methyl sites for hydroxylation is 1. The van der Waals surface area contributed by atoms with E-state index in [2.05, 4.69) is 29.0 Å². The molecule has 0 saturated carbocycles. The fourth-order valence-electron chi connectivity index (χ4n) is 2.62. The lowest BCUT2D eigenvalue weighted by atomic mass is 10.0. The van der Waals surface area contributed by atoms with Crippen molar-refractivity contribution in [3.05, 3.63) is 12.3 Å². The van der Waals surface area contributed by atoms with Crippen LogP contribution in [0.25, 0.3) is 0 Å². The van der Waals surface area contributed by atoms with Gasteiger partial charge in [-0.25, -0.2) is 0 Å². The largest absolute Gasteiger partial charge is 0.382 e. The SMILES string of the molecule is CN(C)C1CCN(CCCn2ccc(N)n2)CC1. The number of anilines is 1. The number of nitrogens with zero attached hydrogens (tertiary/aromatic N) is 4. The van der Waals surface area contributed by atoms with Gasteiger partial charge in [0.05, 0.1) is 0 Å². The zero-order valence-corrected chi connectivity index (χ0v) is 11.5. The topological polar surface area (TPSA) is 50.3 Å². The normalized spacial score (nSPS) is 18.6. The summed E-state index contributed by atoms with van der Waals surface area (Å²) >= 11 is 0. The molecule has 1 fully saturated rings. The van der Waals surface area contributed by atoms with Crippen LogP contribution in [0.1, 0.15) is 19.3 Å². The van der Waals surface area contributed by atoms with Crippen molar-refractivity contribution >= 4 is 5.82 Å². The number of aromatic nitrogens is 2. The predicted molar refractivity (Wildman–Crippen MR) is 74.4 cm³/mol. The molecule has 2 heterocycles. The first-order chi connectivity index (χ1) is 8.65. The zero-order valence-electron chi connectivity index (χ0n) is 11.5. The Morgan fingerprint density at radius 1 is 1.33 bits per heavy atom. The Bertz CT molecular complexity index is 352. The number of piperidine rings is 1. The molecule has 5 nitrogen and oxygen atoms in total. The van der Waals surface area contributed by atoms with Gasteiger partial charge >= 0.3 is 0 Å². The second-order valence-corrected chi connectivity index (χ2v) is 5.39. The molecule has 0 aliphatic carbocycles. The van der Waals surface area contributed by atoms with Crippen molar-refractivity contribution in [2.45, 2.75) is 31.8 Å². The van der Waals surface area contributed by atoms with Crippen molar-refractivity contribution < 1.29 is 0 Å². The van der Waals surface area contributed by atoms with Gasteiger partial charge in [-0.2, -0.15) is 5.10 Å². The first kappa shape index (κ1) is 13.4. The molecule has 0 aromatic carbocycles. The molecule has 5 heteroatoms. The third kappa shape index (κ3) is 3.71. The van der Waals surface area contributed by atoms with Crippen LogP contribution in [-0.2, 0) is 6.54 Å². The average Bonchev–Trinajstić information content (AvgIpc) is 2.76. The van der Waals surface area contributed by atoms with Crippen LogP contribution in [0.3, 0.4) is 0 Å². The Kier molecular flexibility index (Phi) is 4.60. The van der Waals surface area contributed by atoms with Crippen molar-refractivity contribution in [1.29, 1.82) is 0 Å². The number of rotatable bonds is 5. The number of hydrogen-bond donors (Lipinski definition) is 1. The van der Waals surface area contributed by atoms with E-state index in [1.807, 2.05) is 16.9 Å². The summed E-state index contributed by atoms with van der Waals surface area (Å²) in [5.74, 6) is 0.613. The Hall–Kier alpha value is -1.07. The lowest BCUT2D eigenvalue weighted by molar-refractivity contribution is 0.142. The maximum atomic E-state index is 5.59. The fourth-order valence-corrected chi connectivity index (χ4v) is 2.62. The van der Waals surface area contributed by atoms with E-state index in [1.165, 1.54) is 32.5 Å². The van der Waals surface area contributed by atoms with E-state index in [0.717, 1.165) is 19.0 Å². The molecule has 0 bridgehead atoms. The zero-order chi connectivity index (χ0) is 13.0. The minimum atomic E-state index is 0.613. The van der Waals surface area contributed by atoms with Crippen molar-refractivity contribution in [2.75, 3.05) is 39.5 Å². The molecule has 0 amide bonds. The summed E-state index contributed by atoms with van der Waals surface area (Å²) in [6, 6.07) is 2.62. The minimum absolute atomic E-state index is 0.613. The van der Waals surface area contributed by atoms with Crippen LogP contribution in [0.2, 0.25) is 0 Å². The molecule has 1 aliphatic rings. The summed E-state index contributed by atoms with van der Waals surface area (Å²) in [4.78, 5) is 4.91. The van der Waals surface area contributed by atoms with E-state index in [4.69, 9.17) is 5.73 Å². The van der Waals surface area contributed by atoms with E-state index in [-0.39, 0.29) is 0 Å². The maximum Gasteiger partial charge on any atom is 0.145 e. The van der Waals surface area contributed by atoms with Gasteiger partial charge in [0.1, 0.15) is 5.82 Å². The summed E-state index contributed by atoms with van der Waals surface area (Å²) in [7, 11) is 4.37. The lowest BCUT2D eigenvalue weighted by Crippen LogP contribution is -2.42. The van der Waals surface area contributed by atoms with Crippen molar-refractivity contribution in [2.24, 2.45) is 0 Å². The average molecular weight is 251 g/mol. The Labute approximate surface area is 110 Å². The second kappa shape index (κ2) is 6.20. The van der Waals surface area contributed by atoms with Gasteiger partial charge < -0.3 is 15.5 Å². The van der Waals surface area contributed by atoms with Gasteiger partial charge in [0, 0.05) is 18.8 Å². The van der Waals surface area contributed by atoms with E-state index < -0.39 is 0 Å². The molecule has 2 rings (SSSR count). The van der Waals surface area contributed by atoms with Crippen molar-refractivity contribution in [3.8, 4) is 0 Å². The summed E-state index contributed by atoms with van der Waals surface area (Å²) in [5, 5.41) is 4.20. The molecular formula is C13H25N5. The van der Waals surface area contributed by atoms with Crippen LogP contribution in [-0.4, -0.2) is 59.4 Å². The van der Waals surface area contributed by atoms with Gasteiger partial charge in [-0.3, -0.25) is 4.68 Å². The van der Waals surface area contributed by atoms with E-state index in [1.54, 1.807) is 0 Å². The fraction of sp³-hybridized carbons (Fsp3) is 0.769. The van der Waals surface area contributed by atoms with Crippen LogP contribution >= 0.6 is 0 Å². The molecule has 18 heavy (non-hydrogen) atoms. The third-order valence-electron chi connectivity index (χ3n) is 3.81. The van der Waals surface area contributed by atoms with Gasteiger partial charge in [0.15, 0.2) is 0 Å². The van der Waals surface area contributed by atoms with Crippen LogP contribution in [0, 0.1) is 0 Å². The Morgan fingerprint density at radius 2 is 2.06 bits per heavy atom. The molecule has 0 spiro atoms. The molecule has 102 valence electrons. The first-order valence-corrected chi connectivity index (χ1v) is 6.83. The number of hydrogen-bond acceptors (Lipinski definition) is 4. The predicted octanol–water partition coefficient (Wildman–Crippen LogP) is 0.881. The highest BCUT2D eigenvalue weighted by Gasteiger charge is 2.19. The van der Waals surface area contributed by atoms with Crippen LogP contribution in [0.5, 0.6) is 0 Å². The Balaban J connectivity index is 1.63. The molecule has 0 atom stereocenters. The molecule has 2 N–H and O–H groups in total. The highest BCUT2D eigenvalue weighted by Crippen LogP contribution is 2.14. The molecule has 1 aliphatic heterocycles. The van der Waals surface area contributed by atoms with Gasteiger partial charge in [-0.15, -0.1) is 0 Å². The summed E-state index contributed by atoms with van der Waals surface area (Å²) in [5.41, 5.74) is 5.59. The monoisotopic (exact) mass is 251 g/mol. The highest BCUT2D eigenvalue weighted by atomic mass is 15.3. The molecule has 1 aromatic heterocycles. The molecular weight excluding hydrogens is 226 g/mol. The first-order valence-electron chi connectivity index (χ1n) is 6.83. The second-order valence-electron chi connectivity index (χ2n) is 5.39. The van der Waals surface area contributed by atoms with E-state index in [0.29, 0.717) is 5.82 Å². The van der Waals surface area contributed by atoms with Crippen molar-refractivity contribution in [1.82, 2.24) is 19.6 Å². The summed E-state index contributed by atoms with van der Waals surface area (Å²) < 4.78 is 1.93. The summed E-state index contributed by atoms with van der Waals surface area (Å²) in [6.07, 6.45) is 5.69. The van der Waals surface area contributed by atoms with Gasteiger partial charge in [0.25, 0.3) is 0 Å². The number of nitrogens with two attached hydrogens (primary N) is 1. The number of likely N-dealkylation sites (tertiary alicyclic amines) is 1. The van der Waals surface area contributed by atoms with Crippen molar-refractivity contribution in [3.63, 3.8) is 0 Å².